The van der Waals surface area contributed by atoms with Crippen LogP contribution in [-0.2, 0) is 6.54 Å². The highest BCUT2D eigenvalue weighted by atomic mass is 79.9. The number of aromatic hydroxyl groups is 2. The van der Waals surface area contributed by atoms with Crippen LogP contribution in [-0.4, -0.2) is 20.4 Å². The lowest BCUT2D eigenvalue weighted by Crippen LogP contribution is -1.95. The lowest BCUT2D eigenvalue weighted by Gasteiger charge is -2.04. The van der Waals surface area contributed by atoms with Crippen LogP contribution in [0.2, 0.25) is 0 Å². The first kappa shape index (κ1) is 10.9. The van der Waals surface area contributed by atoms with Crippen LogP contribution in [0.3, 0.4) is 0 Å². The summed E-state index contributed by atoms with van der Waals surface area (Å²) in [6.45, 7) is 0.115. The number of halogens is 1. The second-order valence-corrected chi connectivity index (χ2v) is 3.86. The number of aromatic nitrogens is 2. The fourth-order valence-electron chi connectivity index (χ4n) is 1.21. The maximum atomic E-state index is 9.68. The molecule has 6 nitrogen and oxygen atoms in total. The van der Waals surface area contributed by atoms with E-state index in [9.17, 15) is 10.2 Å². The first-order valence-corrected chi connectivity index (χ1v) is 5.16. The standard InChI is InChI=1S/C9H8BrN3O3/c10-4-1-2-5(14)8(15)7(4)9-12-6(3-11)16-13-9/h1-2,14-15H,3,11H2. The topological polar surface area (TPSA) is 105 Å². The van der Waals surface area contributed by atoms with Crippen molar-refractivity contribution >= 4 is 15.9 Å². The zero-order chi connectivity index (χ0) is 11.7. The summed E-state index contributed by atoms with van der Waals surface area (Å²) in [5.41, 5.74) is 5.59. The predicted molar refractivity (Wildman–Crippen MR) is 58.7 cm³/mol. The summed E-state index contributed by atoms with van der Waals surface area (Å²) < 4.78 is 5.37. The maximum Gasteiger partial charge on any atom is 0.240 e. The smallest absolute Gasteiger partial charge is 0.240 e. The van der Waals surface area contributed by atoms with Gasteiger partial charge in [0.2, 0.25) is 11.7 Å². The second-order valence-electron chi connectivity index (χ2n) is 3.01. The molecule has 0 aliphatic rings. The highest BCUT2D eigenvalue weighted by Gasteiger charge is 2.17. The summed E-state index contributed by atoms with van der Waals surface area (Å²) in [6, 6.07) is 2.93. The van der Waals surface area contributed by atoms with Crippen LogP contribution in [0.4, 0.5) is 0 Å². The molecule has 1 aromatic carbocycles. The average molecular weight is 286 g/mol. The summed E-state index contributed by atoms with van der Waals surface area (Å²) in [7, 11) is 0. The molecule has 0 spiro atoms. The monoisotopic (exact) mass is 285 g/mol. The Hall–Kier alpha value is -1.60. The van der Waals surface area contributed by atoms with Gasteiger partial charge in [-0.05, 0) is 28.1 Å². The molecular formula is C9H8BrN3O3. The van der Waals surface area contributed by atoms with E-state index in [0.29, 0.717) is 4.47 Å². The van der Waals surface area contributed by atoms with E-state index < -0.39 is 0 Å². The van der Waals surface area contributed by atoms with Crippen LogP contribution in [0.5, 0.6) is 11.5 Å². The lowest BCUT2D eigenvalue weighted by molar-refractivity contribution is 0.379. The number of nitrogens with two attached hydrogens (primary N) is 1. The maximum absolute atomic E-state index is 9.68. The Bertz CT molecular complexity index is 527. The fourth-order valence-corrected chi connectivity index (χ4v) is 1.70. The van der Waals surface area contributed by atoms with E-state index in [1.165, 1.54) is 6.07 Å². The molecule has 1 heterocycles. The molecule has 0 atom stereocenters. The summed E-state index contributed by atoms with van der Waals surface area (Å²) in [6.07, 6.45) is 0. The number of phenols is 2. The number of hydrogen-bond donors (Lipinski definition) is 3. The molecule has 7 heteroatoms. The molecule has 0 saturated heterocycles. The second kappa shape index (κ2) is 4.11. The minimum absolute atomic E-state index is 0.115. The summed E-state index contributed by atoms with van der Waals surface area (Å²) >= 11 is 3.23. The van der Waals surface area contributed by atoms with Crippen molar-refractivity contribution in [1.29, 1.82) is 0 Å². The Kier molecular flexibility index (Phi) is 2.80. The SMILES string of the molecule is NCc1nc(-c2c(Br)ccc(O)c2O)no1. The number of nitrogens with zero attached hydrogens (tertiary/aromatic N) is 2. The quantitative estimate of drug-likeness (QED) is 0.720. The van der Waals surface area contributed by atoms with Gasteiger partial charge in [0.15, 0.2) is 11.5 Å². The van der Waals surface area contributed by atoms with Crippen molar-refractivity contribution in [3.05, 3.63) is 22.5 Å². The molecule has 1 aromatic heterocycles. The lowest BCUT2D eigenvalue weighted by atomic mass is 10.2. The van der Waals surface area contributed by atoms with E-state index in [4.69, 9.17) is 10.3 Å². The number of hydrogen-bond acceptors (Lipinski definition) is 6. The van der Waals surface area contributed by atoms with E-state index in [2.05, 4.69) is 26.1 Å². The van der Waals surface area contributed by atoms with Crippen LogP contribution in [0.1, 0.15) is 5.89 Å². The molecule has 0 bridgehead atoms. The number of phenolic OH excluding ortho intramolecular Hbond substituents is 2. The van der Waals surface area contributed by atoms with Gasteiger partial charge >= 0.3 is 0 Å². The zero-order valence-corrected chi connectivity index (χ0v) is 9.60. The van der Waals surface area contributed by atoms with E-state index in [0.717, 1.165) is 0 Å². The normalized spacial score (nSPS) is 10.6. The Morgan fingerprint density at radius 2 is 2.12 bits per heavy atom. The molecular weight excluding hydrogens is 278 g/mol. The van der Waals surface area contributed by atoms with Gasteiger partial charge in [0.05, 0.1) is 12.1 Å². The summed E-state index contributed by atoms with van der Waals surface area (Å²) in [5, 5.41) is 22.7. The van der Waals surface area contributed by atoms with Gasteiger partial charge < -0.3 is 20.5 Å². The third-order valence-corrected chi connectivity index (χ3v) is 2.63. The highest BCUT2D eigenvalue weighted by molar-refractivity contribution is 9.10. The Morgan fingerprint density at radius 3 is 2.75 bits per heavy atom. The third kappa shape index (κ3) is 1.74. The number of rotatable bonds is 2. The van der Waals surface area contributed by atoms with Crippen molar-refractivity contribution in [2.24, 2.45) is 5.73 Å². The molecule has 0 aliphatic carbocycles. The van der Waals surface area contributed by atoms with E-state index >= 15 is 0 Å². The Balaban J connectivity index is 2.58. The van der Waals surface area contributed by atoms with Crippen LogP contribution in [0, 0.1) is 0 Å². The molecule has 0 aliphatic heterocycles. The minimum atomic E-state index is -0.307. The molecule has 2 rings (SSSR count). The van der Waals surface area contributed by atoms with Gasteiger partial charge in [-0.1, -0.05) is 5.16 Å². The van der Waals surface area contributed by atoms with E-state index in [1.807, 2.05) is 0 Å². The van der Waals surface area contributed by atoms with E-state index in [1.54, 1.807) is 6.07 Å². The van der Waals surface area contributed by atoms with Gasteiger partial charge in [-0.2, -0.15) is 4.98 Å². The van der Waals surface area contributed by atoms with Crippen LogP contribution >= 0.6 is 15.9 Å². The molecule has 0 unspecified atom stereocenters. The third-order valence-electron chi connectivity index (χ3n) is 1.97. The van der Waals surface area contributed by atoms with Gasteiger partial charge in [-0.3, -0.25) is 0 Å². The van der Waals surface area contributed by atoms with Crippen LogP contribution < -0.4 is 5.73 Å². The minimum Gasteiger partial charge on any atom is -0.504 e. The Labute approximate surface area is 98.8 Å². The van der Waals surface area contributed by atoms with Crippen molar-refractivity contribution in [2.45, 2.75) is 6.54 Å². The fraction of sp³-hybridized carbons (Fsp3) is 0.111. The molecule has 4 N–H and O–H groups in total. The largest absolute Gasteiger partial charge is 0.504 e. The van der Waals surface area contributed by atoms with Crippen LogP contribution in [0.15, 0.2) is 21.1 Å². The van der Waals surface area contributed by atoms with Gasteiger partial charge in [0, 0.05) is 4.47 Å². The predicted octanol–water partition coefficient (Wildman–Crippen LogP) is 1.37. The Morgan fingerprint density at radius 1 is 1.38 bits per heavy atom. The van der Waals surface area contributed by atoms with Crippen molar-refractivity contribution < 1.29 is 14.7 Å². The molecule has 0 saturated carbocycles. The van der Waals surface area contributed by atoms with Gasteiger partial charge in [-0.15, -0.1) is 0 Å². The summed E-state index contributed by atoms with van der Waals surface area (Å²) in [5.74, 6) is -0.138. The van der Waals surface area contributed by atoms with Gasteiger partial charge in [0.1, 0.15) is 0 Å². The highest BCUT2D eigenvalue weighted by Crippen LogP contribution is 2.40. The molecule has 0 fully saturated rings. The molecule has 0 amide bonds. The molecule has 2 aromatic rings. The van der Waals surface area contributed by atoms with Crippen LogP contribution in [0.25, 0.3) is 11.4 Å². The molecule has 16 heavy (non-hydrogen) atoms. The molecule has 84 valence electrons. The zero-order valence-electron chi connectivity index (χ0n) is 8.01. The van der Waals surface area contributed by atoms with E-state index in [-0.39, 0.29) is 35.3 Å². The van der Waals surface area contributed by atoms with Gasteiger partial charge in [0.25, 0.3) is 0 Å². The first-order valence-electron chi connectivity index (χ1n) is 4.37. The summed E-state index contributed by atoms with van der Waals surface area (Å²) in [4.78, 5) is 3.96. The van der Waals surface area contributed by atoms with Crippen molar-refractivity contribution in [2.75, 3.05) is 0 Å². The van der Waals surface area contributed by atoms with Crippen molar-refractivity contribution in [3.63, 3.8) is 0 Å². The first-order chi connectivity index (χ1) is 7.63. The van der Waals surface area contributed by atoms with Crippen molar-refractivity contribution in [3.8, 4) is 22.9 Å². The number of benzene rings is 1. The molecule has 0 radical (unpaired) electrons. The van der Waals surface area contributed by atoms with Gasteiger partial charge in [-0.25, -0.2) is 0 Å². The average Bonchev–Trinajstić information content (AvgIpc) is 2.73. The van der Waals surface area contributed by atoms with Crippen molar-refractivity contribution in [1.82, 2.24) is 10.1 Å².